The Hall–Kier alpha value is -1.36. The summed E-state index contributed by atoms with van der Waals surface area (Å²) in [6.07, 6.45) is -0.922. The highest BCUT2D eigenvalue weighted by atomic mass is 32.2. The summed E-state index contributed by atoms with van der Waals surface area (Å²) in [5.74, 6) is 1.45. The molecule has 86 valence electrons. The first-order valence-corrected chi connectivity index (χ1v) is 5.87. The number of carbonyl (C=O) groups is 1. The van der Waals surface area contributed by atoms with Crippen LogP contribution in [0.25, 0.3) is 0 Å². The number of hydrogen-bond acceptors (Lipinski definition) is 4. The summed E-state index contributed by atoms with van der Waals surface area (Å²) in [7, 11) is 1.61. The van der Waals surface area contributed by atoms with E-state index in [1.54, 1.807) is 18.9 Å². The molecule has 1 N–H and O–H groups in total. The molecule has 4 nitrogen and oxygen atoms in total. The van der Waals surface area contributed by atoms with Crippen LogP contribution in [-0.4, -0.2) is 30.2 Å². The van der Waals surface area contributed by atoms with E-state index in [2.05, 4.69) is 0 Å². The topological polar surface area (TPSA) is 55.8 Å². The van der Waals surface area contributed by atoms with Crippen molar-refractivity contribution in [3.05, 3.63) is 23.8 Å². The lowest BCUT2D eigenvalue weighted by atomic mass is 10.1. The molecule has 0 spiro atoms. The van der Waals surface area contributed by atoms with Crippen LogP contribution in [0, 0.1) is 0 Å². The normalized spacial score (nSPS) is 18.7. The maximum atomic E-state index is 10.5. The Morgan fingerprint density at radius 2 is 2.38 bits per heavy atom. The van der Waals surface area contributed by atoms with E-state index >= 15 is 0 Å². The number of thioether (sulfide) groups is 1. The molecule has 2 rings (SSSR count). The van der Waals surface area contributed by atoms with Crippen molar-refractivity contribution in [1.29, 1.82) is 0 Å². The van der Waals surface area contributed by atoms with Gasteiger partial charge in [-0.25, -0.2) is 4.79 Å². The fourth-order valence-electron chi connectivity index (χ4n) is 1.76. The molecule has 16 heavy (non-hydrogen) atoms. The molecule has 1 aliphatic rings. The van der Waals surface area contributed by atoms with Gasteiger partial charge in [0.25, 0.3) is 0 Å². The standard InChI is InChI=1S/C11H12O4S/c1-14-9-3-2-4-10-8(9)5-7(6-16-10)15-11(12)13/h2-4,7H,5-6H2,1H3,(H,12,13). The molecule has 0 aromatic heterocycles. The van der Waals surface area contributed by atoms with Crippen molar-refractivity contribution in [1.82, 2.24) is 0 Å². The number of methoxy groups -OCH3 is 1. The van der Waals surface area contributed by atoms with Gasteiger partial charge in [-0.3, -0.25) is 0 Å². The average molecular weight is 240 g/mol. The highest BCUT2D eigenvalue weighted by Gasteiger charge is 2.24. The van der Waals surface area contributed by atoms with Crippen LogP contribution >= 0.6 is 11.8 Å². The van der Waals surface area contributed by atoms with Gasteiger partial charge in [0.15, 0.2) is 0 Å². The van der Waals surface area contributed by atoms with Crippen molar-refractivity contribution in [2.45, 2.75) is 17.4 Å². The molecular weight excluding hydrogens is 228 g/mol. The van der Waals surface area contributed by atoms with E-state index in [1.807, 2.05) is 18.2 Å². The Bertz CT molecular complexity index is 391. The van der Waals surface area contributed by atoms with Crippen molar-refractivity contribution >= 4 is 17.9 Å². The molecule has 1 aliphatic heterocycles. The van der Waals surface area contributed by atoms with Crippen LogP contribution in [0.4, 0.5) is 4.79 Å². The second kappa shape index (κ2) is 4.65. The van der Waals surface area contributed by atoms with Gasteiger partial charge in [0.1, 0.15) is 11.9 Å². The Balaban J connectivity index is 2.21. The zero-order chi connectivity index (χ0) is 11.5. The predicted octanol–water partition coefficient (Wildman–Crippen LogP) is 2.41. The summed E-state index contributed by atoms with van der Waals surface area (Å²) in [6, 6.07) is 5.82. The molecule has 0 saturated carbocycles. The Morgan fingerprint density at radius 3 is 3.06 bits per heavy atom. The zero-order valence-electron chi connectivity index (χ0n) is 8.80. The fourth-order valence-corrected chi connectivity index (χ4v) is 2.85. The molecule has 5 heteroatoms. The van der Waals surface area contributed by atoms with Crippen molar-refractivity contribution in [2.75, 3.05) is 12.9 Å². The van der Waals surface area contributed by atoms with Crippen molar-refractivity contribution in [2.24, 2.45) is 0 Å². The third-order valence-electron chi connectivity index (χ3n) is 2.43. The van der Waals surface area contributed by atoms with Gasteiger partial charge in [0, 0.05) is 22.6 Å². The Labute approximate surface area is 97.6 Å². The molecule has 1 aromatic carbocycles. The van der Waals surface area contributed by atoms with Gasteiger partial charge in [-0.15, -0.1) is 11.8 Å². The van der Waals surface area contributed by atoms with E-state index in [9.17, 15) is 4.79 Å². The average Bonchev–Trinajstić information content (AvgIpc) is 2.27. The van der Waals surface area contributed by atoms with Gasteiger partial charge in [-0.2, -0.15) is 0 Å². The van der Waals surface area contributed by atoms with Gasteiger partial charge in [-0.1, -0.05) is 6.07 Å². The van der Waals surface area contributed by atoms with Crippen LogP contribution < -0.4 is 4.74 Å². The molecule has 1 atom stereocenters. The summed E-state index contributed by atoms with van der Waals surface area (Å²) in [5.41, 5.74) is 1.03. The summed E-state index contributed by atoms with van der Waals surface area (Å²) < 4.78 is 10.0. The van der Waals surface area contributed by atoms with Gasteiger partial charge >= 0.3 is 6.16 Å². The predicted molar refractivity (Wildman–Crippen MR) is 60.3 cm³/mol. The lowest BCUT2D eigenvalue weighted by Crippen LogP contribution is -2.25. The van der Waals surface area contributed by atoms with E-state index in [-0.39, 0.29) is 6.10 Å². The third-order valence-corrected chi connectivity index (χ3v) is 3.67. The Kier molecular flexibility index (Phi) is 3.24. The van der Waals surface area contributed by atoms with Gasteiger partial charge in [0.2, 0.25) is 0 Å². The van der Waals surface area contributed by atoms with E-state index in [4.69, 9.17) is 14.6 Å². The number of benzene rings is 1. The molecule has 1 aromatic rings. The van der Waals surface area contributed by atoms with Crippen LogP contribution in [0.15, 0.2) is 23.1 Å². The van der Waals surface area contributed by atoms with Crippen LogP contribution in [0.1, 0.15) is 5.56 Å². The first kappa shape index (κ1) is 11.1. The summed E-state index contributed by atoms with van der Waals surface area (Å²) in [4.78, 5) is 11.6. The van der Waals surface area contributed by atoms with E-state index < -0.39 is 6.16 Å². The molecule has 0 aliphatic carbocycles. The van der Waals surface area contributed by atoms with Crippen LogP contribution in [0.2, 0.25) is 0 Å². The summed E-state index contributed by atoms with van der Waals surface area (Å²) in [5, 5.41) is 8.58. The zero-order valence-corrected chi connectivity index (χ0v) is 9.62. The number of rotatable bonds is 2. The minimum absolute atomic E-state index is 0.286. The maximum absolute atomic E-state index is 10.5. The van der Waals surface area contributed by atoms with Crippen LogP contribution in [-0.2, 0) is 11.2 Å². The summed E-state index contributed by atoms with van der Waals surface area (Å²) >= 11 is 1.60. The number of fused-ring (bicyclic) bond motifs is 1. The monoisotopic (exact) mass is 240 g/mol. The van der Waals surface area contributed by atoms with Gasteiger partial charge in [-0.05, 0) is 12.1 Å². The molecule has 0 fully saturated rings. The maximum Gasteiger partial charge on any atom is 0.506 e. The third kappa shape index (κ3) is 2.24. The molecule has 1 heterocycles. The highest BCUT2D eigenvalue weighted by molar-refractivity contribution is 7.99. The summed E-state index contributed by atoms with van der Waals surface area (Å²) in [6.45, 7) is 0. The smallest absolute Gasteiger partial charge is 0.496 e. The van der Waals surface area contributed by atoms with Crippen molar-refractivity contribution in [3.63, 3.8) is 0 Å². The SMILES string of the molecule is COc1cccc2c1CC(OC(=O)O)CS2. The first-order valence-electron chi connectivity index (χ1n) is 4.89. The highest BCUT2D eigenvalue weighted by Crippen LogP contribution is 2.36. The second-order valence-corrected chi connectivity index (χ2v) is 4.52. The van der Waals surface area contributed by atoms with Crippen LogP contribution in [0.3, 0.4) is 0 Å². The molecule has 0 bridgehead atoms. The number of hydrogen-bond donors (Lipinski definition) is 1. The minimum atomic E-state index is -1.22. The quantitative estimate of drug-likeness (QED) is 0.804. The fraction of sp³-hybridized carbons (Fsp3) is 0.364. The van der Waals surface area contributed by atoms with Crippen molar-refractivity contribution < 1.29 is 19.4 Å². The number of ether oxygens (including phenoxy) is 2. The molecule has 0 amide bonds. The molecule has 1 unspecified atom stereocenters. The molecule has 0 saturated heterocycles. The molecule has 0 radical (unpaired) electrons. The second-order valence-electron chi connectivity index (χ2n) is 3.46. The largest absolute Gasteiger partial charge is 0.506 e. The van der Waals surface area contributed by atoms with E-state index in [1.165, 1.54) is 0 Å². The minimum Gasteiger partial charge on any atom is -0.496 e. The lowest BCUT2D eigenvalue weighted by molar-refractivity contribution is 0.0599. The first-order chi connectivity index (χ1) is 7.70. The lowest BCUT2D eigenvalue weighted by Gasteiger charge is -2.24. The Morgan fingerprint density at radius 1 is 1.56 bits per heavy atom. The van der Waals surface area contributed by atoms with Crippen LogP contribution in [0.5, 0.6) is 5.75 Å². The van der Waals surface area contributed by atoms with Crippen molar-refractivity contribution in [3.8, 4) is 5.75 Å². The number of carboxylic acid groups (broad SMARTS) is 1. The van der Waals surface area contributed by atoms with E-state index in [0.717, 1.165) is 16.2 Å². The molecular formula is C11H12O4S. The van der Waals surface area contributed by atoms with Gasteiger partial charge < -0.3 is 14.6 Å². The van der Waals surface area contributed by atoms with E-state index in [0.29, 0.717) is 12.2 Å². The van der Waals surface area contributed by atoms with Gasteiger partial charge in [0.05, 0.1) is 7.11 Å².